The number of hydrogen-bond donors (Lipinski definition) is 4. The highest BCUT2D eigenvalue weighted by atomic mass is 32.2. The van der Waals surface area contributed by atoms with Gasteiger partial charge in [-0.15, -0.1) is 0 Å². The maximum absolute atomic E-state index is 14.5. The first-order valence-corrected chi connectivity index (χ1v) is 30.6. The average molecular weight is 1100 g/mol. The number of nitro groups is 1. The van der Waals surface area contributed by atoms with Crippen LogP contribution >= 0.6 is 0 Å². The van der Waals surface area contributed by atoms with Gasteiger partial charge in [-0.2, -0.15) is 9.29 Å². The molecule has 4 N–H and O–H groups in total. The van der Waals surface area contributed by atoms with Crippen LogP contribution in [0, 0.1) is 21.4 Å². The number of aliphatic hydroxyl groups is 1. The van der Waals surface area contributed by atoms with Gasteiger partial charge in [0.1, 0.15) is 24.6 Å². The zero-order valence-corrected chi connectivity index (χ0v) is 45.8. The lowest BCUT2D eigenvalue weighted by Gasteiger charge is -2.56. The number of anilines is 2. The number of carbonyl (C=O) groups is 1. The van der Waals surface area contributed by atoms with Gasteiger partial charge in [-0.1, -0.05) is 38.1 Å². The number of fused-ring (bicyclic) bond motifs is 2. The number of ether oxygens (including phenoxy) is 3. The minimum Gasteiger partial charge on any atom is -0.489 e. The molecule has 11 rings (SSSR count). The number of pyridine rings is 1. The number of aromatic nitrogens is 2. The summed E-state index contributed by atoms with van der Waals surface area (Å²) in [5.41, 5.74) is 2.97. The second-order valence-corrected chi connectivity index (χ2v) is 26.7. The van der Waals surface area contributed by atoms with Crippen molar-refractivity contribution < 1.29 is 45.9 Å². The molecule has 412 valence electrons. The maximum atomic E-state index is 14.5. The third-order valence-electron chi connectivity index (χ3n) is 17.5. The Morgan fingerprint density at radius 3 is 2.44 bits per heavy atom. The molecular weight excluding hydrogens is 1020 g/mol. The van der Waals surface area contributed by atoms with Crippen molar-refractivity contribution in [2.45, 2.75) is 138 Å². The molecule has 21 heteroatoms. The van der Waals surface area contributed by atoms with Gasteiger partial charge in [0.05, 0.1) is 39.3 Å². The fraction of sp³-hybridized carbons (Fsp3) is 0.536. The Morgan fingerprint density at radius 1 is 0.948 bits per heavy atom. The van der Waals surface area contributed by atoms with Crippen LogP contribution in [0.5, 0.6) is 23.1 Å². The van der Waals surface area contributed by atoms with Gasteiger partial charge in [0.2, 0.25) is 10.0 Å². The summed E-state index contributed by atoms with van der Waals surface area (Å²) in [6, 6.07) is 19.7. The standard InChI is InChI=1S/C56H70N8O11S2/c1-35(2)42-10-5-6-11-43(42)46-12-8-23-62(46)40-31-56(32-40)20-25-61(26-21-56)38-13-14-44(48(28-38)75-50-27-37-17-22-57-52(37)59-54(50)74-33-39-9-7-24-63(39)76(4,69)70)53(65)60-77(71,72)41-29-47(64(67)68)51-49(30-41)73-34-45(58-51)36-15-18-55(3,66)19-16-36/h5-6,10-11,13-14,17,22,27-30,35-36,39-40,45-46,58,66H,7-9,12,15-16,18-21,23-26,31-34H2,1-4H3,(H,57,59)(H,60,65)/t36?,39-,45-,46-,55?/m1/s1. The molecule has 2 saturated carbocycles. The van der Waals surface area contributed by atoms with E-state index in [1.807, 2.05) is 0 Å². The zero-order valence-electron chi connectivity index (χ0n) is 44.2. The Balaban J connectivity index is 0.854. The lowest BCUT2D eigenvalue weighted by Crippen LogP contribution is -2.54. The van der Waals surface area contributed by atoms with Crippen molar-refractivity contribution in [3.05, 3.63) is 99.7 Å². The minimum absolute atomic E-state index is 0.000311. The Labute approximate surface area is 450 Å². The SMILES string of the molecule is CC(C)c1ccccc1[C@H]1CCCN1C1CC2(CCN(c3ccc(C(=O)NS(=O)(=O)c4cc5c(c([N+](=O)[O-])c4)N[C@@H](C4CCC(C)(O)CC4)CO5)c(Oc4cc5cc[nH]c5nc4OC[C@H]4CCCN4S(C)(=O)=O)c3)CC2)C1. The summed E-state index contributed by atoms with van der Waals surface area (Å²) in [6.45, 7) is 9.44. The molecule has 0 unspecified atom stereocenters. The van der Waals surface area contributed by atoms with Gasteiger partial charge in [0.25, 0.3) is 27.5 Å². The van der Waals surface area contributed by atoms with Crippen LogP contribution in [0.15, 0.2) is 77.8 Å². The largest absolute Gasteiger partial charge is 0.489 e. The van der Waals surface area contributed by atoms with Crippen LogP contribution in [0.3, 0.4) is 0 Å². The predicted octanol–water partition coefficient (Wildman–Crippen LogP) is 9.01. The normalized spacial score (nSPS) is 25.0. The number of aromatic amines is 1. The molecule has 6 aliphatic rings. The monoisotopic (exact) mass is 1090 g/mol. The van der Waals surface area contributed by atoms with Crippen LogP contribution in [-0.4, -0.2) is 121 Å². The number of sulfonamides is 2. The second kappa shape index (κ2) is 20.7. The number of rotatable bonds is 15. The number of likely N-dealkylation sites (tertiary alicyclic amines) is 1. The van der Waals surface area contributed by atoms with E-state index >= 15 is 0 Å². The molecule has 0 radical (unpaired) electrons. The number of amides is 1. The molecule has 3 saturated heterocycles. The first-order valence-electron chi connectivity index (χ1n) is 27.2. The van der Waals surface area contributed by atoms with Crippen LogP contribution in [0.25, 0.3) is 11.0 Å². The molecule has 19 nitrogen and oxygen atoms in total. The van der Waals surface area contributed by atoms with Crippen LogP contribution in [0.1, 0.15) is 131 Å². The van der Waals surface area contributed by atoms with Gasteiger partial charge in [0.15, 0.2) is 17.2 Å². The van der Waals surface area contributed by atoms with E-state index in [0.29, 0.717) is 74.1 Å². The van der Waals surface area contributed by atoms with Crippen LogP contribution in [0.2, 0.25) is 0 Å². The molecule has 5 aromatic rings. The lowest BCUT2D eigenvalue weighted by atomic mass is 9.59. The van der Waals surface area contributed by atoms with Gasteiger partial charge >= 0.3 is 0 Å². The molecule has 2 aromatic heterocycles. The highest BCUT2D eigenvalue weighted by Gasteiger charge is 2.50. The van der Waals surface area contributed by atoms with Gasteiger partial charge < -0.3 is 34.5 Å². The van der Waals surface area contributed by atoms with Crippen LogP contribution < -0.4 is 29.1 Å². The van der Waals surface area contributed by atoms with Gasteiger partial charge in [-0.25, -0.2) is 21.6 Å². The molecule has 1 amide bonds. The first kappa shape index (κ1) is 53.0. The van der Waals surface area contributed by atoms with E-state index < -0.39 is 53.1 Å². The number of carbonyl (C=O) groups excluding carboxylic acids is 1. The summed E-state index contributed by atoms with van der Waals surface area (Å²) in [6.07, 6.45) is 13.3. The molecule has 3 atom stereocenters. The van der Waals surface area contributed by atoms with Gasteiger partial charge in [-0.3, -0.25) is 19.8 Å². The number of nitro benzene ring substituents is 1. The van der Waals surface area contributed by atoms with Crippen molar-refractivity contribution >= 4 is 54.0 Å². The van der Waals surface area contributed by atoms with E-state index in [1.54, 1.807) is 37.4 Å². The molecule has 1 spiro atoms. The number of hydrogen-bond acceptors (Lipinski definition) is 15. The van der Waals surface area contributed by atoms with E-state index in [4.69, 9.17) is 19.2 Å². The summed E-state index contributed by atoms with van der Waals surface area (Å²) < 4.78 is 76.4. The van der Waals surface area contributed by atoms with E-state index in [1.165, 1.54) is 46.7 Å². The van der Waals surface area contributed by atoms with Gasteiger partial charge in [0, 0.05) is 67.2 Å². The molecule has 0 bridgehead atoms. The average Bonchev–Trinajstić information content (AvgIpc) is 4.19. The number of nitrogens with one attached hydrogen (secondary N) is 3. The number of piperidine rings is 1. The van der Waals surface area contributed by atoms with E-state index in [2.05, 4.69) is 62.9 Å². The minimum atomic E-state index is -4.78. The highest BCUT2D eigenvalue weighted by molar-refractivity contribution is 7.90. The number of benzene rings is 3. The van der Waals surface area contributed by atoms with Crippen LogP contribution in [0.4, 0.5) is 17.1 Å². The smallest absolute Gasteiger partial charge is 0.297 e. The fourth-order valence-corrected chi connectivity index (χ4v) is 15.4. The Morgan fingerprint density at radius 2 is 1.70 bits per heavy atom. The Bertz CT molecular complexity index is 3290. The van der Waals surface area contributed by atoms with E-state index in [0.717, 1.165) is 57.1 Å². The molecule has 6 heterocycles. The quantitative estimate of drug-likeness (QED) is 0.0565. The molecule has 2 aliphatic carbocycles. The summed E-state index contributed by atoms with van der Waals surface area (Å²) in [7, 11) is -8.29. The lowest BCUT2D eigenvalue weighted by molar-refractivity contribution is -0.384. The van der Waals surface area contributed by atoms with E-state index in [-0.39, 0.29) is 65.0 Å². The summed E-state index contributed by atoms with van der Waals surface area (Å²) in [4.78, 5) is 38.7. The first-order chi connectivity index (χ1) is 36.7. The predicted molar refractivity (Wildman–Crippen MR) is 292 cm³/mol. The van der Waals surface area contributed by atoms with Crippen molar-refractivity contribution in [2.75, 3.05) is 55.9 Å². The Hall–Kier alpha value is -6.00. The zero-order chi connectivity index (χ0) is 54.0. The highest BCUT2D eigenvalue weighted by Crippen LogP contribution is 2.55. The number of H-pyrrole nitrogens is 1. The van der Waals surface area contributed by atoms with Crippen molar-refractivity contribution in [1.82, 2.24) is 23.9 Å². The maximum Gasteiger partial charge on any atom is 0.297 e. The van der Waals surface area contributed by atoms with Gasteiger partial charge in [-0.05, 0) is 143 Å². The van der Waals surface area contributed by atoms with Crippen molar-refractivity contribution in [2.24, 2.45) is 11.3 Å². The van der Waals surface area contributed by atoms with Crippen molar-refractivity contribution in [3.63, 3.8) is 0 Å². The fourth-order valence-electron chi connectivity index (χ4n) is 13.2. The summed E-state index contributed by atoms with van der Waals surface area (Å²) in [5.74, 6) is -0.419. The summed E-state index contributed by atoms with van der Waals surface area (Å²) >= 11 is 0. The Kier molecular flexibility index (Phi) is 14.2. The molecule has 3 aromatic carbocycles. The molecule has 77 heavy (non-hydrogen) atoms. The van der Waals surface area contributed by atoms with Crippen LogP contribution in [-0.2, 0) is 20.0 Å². The third-order valence-corrected chi connectivity index (χ3v) is 20.2. The van der Waals surface area contributed by atoms with Crippen molar-refractivity contribution in [3.8, 4) is 23.1 Å². The number of nitrogens with zero attached hydrogens (tertiary/aromatic N) is 5. The topological polar surface area (TPSA) is 239 Å². The molecule has 4 aliphatic heterocycles. The second-order valence-electron chi connectivity index (χ2n) is 23.1. The van der Waals surface area contributed by atoms with E-state index in [9.17, 15) is 36.9 Å². The molecule has 5 fully saturated rings. The molecular formula is C56H70N8O11S2. The van der Waals surface area contributed by atoms with Crippen molar-refractivity contribution in [1.29, 1.82) is 0 Å². The summed E-state index contributed by atoms with van der Waals surface area (Å²) in [5, 5.41) is 27.0. The third kappa shape index (κ3) is 10.8.